The van der Waals surface area contributed by atoms with E-state index >= 15 is 0 Å². The van der Waals surface area contributed by atoms with Crippen molar-refractivity contribution in [3.63, 3.8) is 0 Å². The van der Waals surface area contributed by atoms with Crippen LogP contribution in [-0.4, -0.2) is 29.5 Å². The van der Waals surface area contributed by atoms with Gasteiger partial charge in [0.15, 0.2) is 0 Å². The van der Waals surface area contributed by atoms with Crippen molar-refractivity contribution in [2.24, 2.45) is 11.1 Å². The lowest BCUT2D eigenvalue weighted by atomic mass is 9.75. The molecule has 2 rings (SSSR count). The Balaban J connectivity index is 2.06. The van der Waals surface area contributed by atoms with Crippen molar-refractivity contribution in [2.45, 2.75) is 58.5 Å². The van der Waals surface area contributed by atoms with Gasteiger partial charge in [-0.05, 0) is 56.7 Å². The maximum atomic E-state index is 6.03. The molecule has 1 aromatic heterocycles. The molecule has 1 aliphatic rings. The van der Waals surface area contributed by atoms with Crippen LogP contribution in [0.3, 0.4) is 0 Å². The first kappa shape index (κ1) is 15.5. The summed E-state index contributed by atoms with van der Waals surface area (Å²) in [5.74, 6) is 0. The first-order valence-electron chi connectivity index (χ1n) is 7.77. The highest BCUT2D eigenvalue weighted by atomic mass is 15.2. The number of aromatic nitrogens is 1. The summed E-state index contributed by atoms with van der Waals surface area (Å²) in [6, 6.07) is 5.19. The molecule has 0 spiro atoms. The second-order valence-corrected chi connectivity index (χ2v) is 7.05. The van der Waals surface area contributed by atoms with E-state index in [-0.39, 0.29) is 6.04 Å². The van der Waals surface area contributed by atoms with Gasteiger partial charge in [0, 0.05) is 30.5 Å². The molecule has 1 saturated carbocycles. The second-order valence-electron chi connectivity index (χ2n) is 7.05. The normalized spacial score (nSPS) is 21.1. The molecule has 3 heteroatoms. The Morgan fingerprint density at radius 2 is 2.00 bits per heavy atom. The number of nitrogens with two attached hydrogens (primary N) is 1. The second kappa shape index (κ2) is 6.23. The van der Waals surface area contributed by atoms with Gasteiger partial charge in [-0.3, -0.25) is 9.88 Å². The van der Waals surface area contributed by atoms with Crippen LogP contribution in [0.15, 0.2) is 18.3 Å². The fourth-order valence-electron chi connectivity index (χ4n) is 3.26. The molecule has 1 atom stereocenters. The number of aryl methyl sites for hydroxylation is 1. The monoisotopic (exact) mass is 275 g/mol. The number of hydrogen-bond acceptors (Lipinski definition) is 3. The van der Waals surface area contributed by atoms with Gasteiger partial charge in [-0.15, -0.1) is 0 Å². The van der Waals surface area contributed by atoms with Crippen molar-refractivity contribution in [1.82, 2.24) is 9.88 Å². The van der Waals surface area contributed by atoms with Crippen molar-refractivity contribution >= 4 is 0 Å². The highest BCUT2D eigenvalue weighted by Crippen LogP contribution is 2.38. The van der Waals surface area contributed by atoms with E-state index in [1.54, 1.807) is 0 Å². The molecule has 1 heterocycles. The van der Waals surface area contributed by atoms with E-state index in [1.807, 2.05) is 13.1 Å². The van der Waals surface area contributed by atoms with Gasteiger partial charge in [-0.2, -0.15) is 0 Å². The molecular weight excluding hydrogens is 246 g/mol. The van der Waals surface area contributed by atoms with Crippen LogP contribution in [0.4, 0.5) is 0 Å². The largest absolute Gasteiger partial charge is 0.329 e. The average molecular weight is 275 g/mol. The maximum absolute atomic E-state index is 6.03. The number of nitrogens with zero attached hydrogens (tertiary/aromatic N) is 2. The summed E-state index contributed by atoms with van der Waals surface area (Å²) in [6.07, 6.45) is 7.16. The Morgan fingerprint density at radius 1 is 1.35 bits per heavy atom. The number of hydrogen-bond donors (Lipinski definition) is 1. The average Bonchev–Trinajstić information content (AvgIpc) is 2.41. The lowest BCUT2D eigenvalue weighted by Crippen LogP contribution is -2.41. The lowest BCUT2D eigenvalue weighted by Gasteiger charge is -2.41. The molecule has 0 aliphatic heterocycles. The summed E-state index contributed by atoms with van der Waals surface area (Å²) in [6.45, 7) is 7.44. The zero-order valence-corrected chi connectivity index (χ0v) is 13.4. The summed E-state index contributed by atoms with van der Waals surface area (Å²) in [5.41, 5.74) is 8.85. The smallest absolute Gasteiger partial charge is 0.0485 e. The zero-order valence-electron chi connectivity index (χ0n) is 13.4. The predicted molar refractivity (Wildman–Crippen MR) is 84.6 cm³/mol. The summed E-state index contributed by atoms with van der Waals surface area (Å²) in [4.78, 5) is 6.89. The van der Waals surface area contributed by atoms with E-state index in [0.717, 1.165) is 5.69 Å². The predicted octanol–water partition coefficient (Wildman–Crippen LogP) is 3.29. The zero-order chi connectivity index (χ0) is 14.8. The molecule has 0 amide bonds. The third-order valence-corrected chi connectivity index (χ3v) is 4.92. The molecule has 20 heavy (non-hydrogen) atoms. The Morgan fingerprint density at radius 3 is 2.50 bits per heavy atom. The van der Waals surface area contributed by atoms with Gasteiger partial charge in [-0.25, -0.2) is 0 Å². The molecule has 1 unspecified atom stereocenters. The molecule has 1 aromatic rings. The quantitative estimate of drug-likeness (QED) is 0.917. The van der Waals surface area contributed by atoms with E-state index < -0.39 is 0 Å². The maximum Gasteiger partial charge on any atom is 0.0485 e. The Hall–Kier alpha value is -0.930. The Labute approximate surface area is 123 Å². The molecular formula is C17H29N3. The first-order valence-corrected chi connectivity index (χ1v) is 7.77. The van der Waals surface area contributed by atoms with Gasteiger partial charge in [0.05, 0.1) is 0 Å². The highest BCUT2D eigenvalue weighted by molar-refractivity contribution is 5.18. The SMILES string of the molecule is Cc1ccc(C(CN)N(C)C2CCC(C)(C)CC2)cn1. The lowest BCUT2D eigenvalue weighted by molar-refractivity contribution is 0.0965. The molecule has 1 aliphatic carbocycles. The Kier molecular flexibility index (Phi) is 4.82. The minimum absolute atomic E-state index is 0.286. The van der Waals surface area contributed by atoms with Crippen LogP contribution in [0, 0.1) is 12.3 Å². The summed E-state index contributed by atoms with van der Waals surface area (Å²) in [5, 5.41) is 0. The standard InChI is InChI=1S/C17H29N3/c1-13-5-6-14(12-19-13)16(11-18)20(4)15-7-9-17(2,3)10-8-15/h5-6,12,15-16H,7-11,18H2,1-4H3. The van der Waals surface area contributed by atoms with E-state index in [4.69, 9.17) is 5.73 Å². The molecule has 3 nitrogen and oxygen atoms in total. The van der Waals surface area contributed by atoms with Crippen molar-refractivity contribution in [2.75, 3.05) is 13.6 Å². The van der Waals surface area contributed by atoms with Crippen LogP contribution >= 0.6 is 0 Å². The van der Waals surface area contributed by atoms with E-state index in [0.29, 0.717) is 18.0 Å². The fraction of sp³-hybridized carbons (Fsp3) is 0.706. The van der Waals surface area contributed by atoms with Crippen LogP contribution in [0.1, 0.15) is 56.8 Å². The van der Waals surface area contributed by atoms with Crippen molar-refractivity contribution in [3.05, 3.63) is 29.6 Å². The highest BCUT2D eigenvalue weighted by Gasteiger charge is 2.31. The minimum atomic E-state index is 0.286. The molecule has 0 radical (unpaired) electrons. The summed E-state index contributed by atoms with van der Waals surface area (Å²) < 4.78 is 0. The van der Waals surface area contributed by atoms with Gasteiger partial charge in [0.25, 0.3) is 0 Å². The molecule has 0 aromatic carbocycles. The van der Waals surface area contributed by atoms with E-state index in [1.165, 1.54) is 31.2 Å². The van der Waals surface area contributed by atoms with E-state index in [9.17, 15) is 0 Å². The molecule has 0 saturated heterocycles. The van der Waals surface area contributed by atoms with Gasteiger partial charge in [0.2, 0.25) is 0 Å². The van der Waals surface area contributed by atoms with Crippen LogP contribution in [-0.2, 0) is 0 Å². The summed E-state index contributed by atoms with van der Waals surface area (Å²) >= 11 is 0. The van der Waals surface area contributed by atoms with E-state index in [2.05, 4.69) is 42.9 Å². The van der Waals surface area contributed by atoms with Crippen LogP contribution in [0.25, 0.3) is 0 Å². The van der Waals surface area contributed by atoms with Crippen molar-refractivity contribution < 1.29 is 0 Å². The molecule has 1 fully saturated rings. The van der Waals surface area contributed by atoms with Crippen LogP contribution < -0.4 is 5.73 Å². The van der Waals surface area contributed by atoms with Crippen LogP contribution in [0.5, 0.6) is 0 Å². The van der Waals surface area contributed by atoms with Crippen LogP contribution in [0.2, 0.25) is 0 Å². The Bertz CT molecular complexity index is 414. The topological polar surface area (TPSA) is 42.1 Å². The fourth-order valence-corrected chi connectivity index (χ4v) is 3.26. The number of likely N-dealkylation sites (N-methyl/N-ethyl adjacent to an activating group) is 1. The molecule has 112 valence electrons. The number of rotatable bonds is 4. The number of pyridine rings is 1. The first-order chi connectivity index (χ1) is 9.43. The van der Waals surface area contributed by atoms with Gasteiger partial charge in [-0.1, -0.05) is 19.9 Å². The van der Waals surface area contributed by atoms with Gasteiger partial charge < -0.3 is 5.73 Å². The molecule has 2 N–H and O–H groups in total. The van der Waals surface area contributed by atoms with Crippen molar-refractivity contribution in [1.29, 1.82) is 0 Å². The van der Waals surface area contributed by atoms with Crippen molar-refractivity contribution in [3.8, 4) is 0 Å². The summed E-state index contributed by atoms with van der Waals surface area (Å²) in [7, 11) is 2.22. The van der Waals surface area contributed by atoms with Gasteiger partial charge >= 0.3 is 0 Å². The third kappa shape index (κ3) is 3.58. The molecule has 0 bridgehead atoms. The van der Waals surface area contributed by atoms with Gasteiger partial charge in [0.1, 0.15) is 0 Å². The minimum Gasteiger partial charge on any atom is -0.329 e. The third-order valence-electron chi connectivity index (χ3n) is 4.92.